The Hall–Kier alpha value is -2.14. The van der Waals surface area contributed by atoms with Crippen molar-refractivity contribution in [2.75, 3.05) is 32.7 Å². The molecule has 9 heteroatoms. The number of imide groups is 1. The number of methoxy groups -OCH3 is 2. The predicted molar refractivity (Wildman–Crippen MR) is 92.6 cm³/mol. The number of benzene rings is 1. The number of aliphatic hydroxyl groups excluding tert-OH is 1. The molecule has 2 N–H and O–H groups in total. The highest BCUT2D eigenvalue weighted by Gasteiger charge is 2.31. The van der Waals surface area contributed by atoms with Gasteiger partial charge in [0, 0.05) is 15.7 Å². The van der Waals surface area contributed by atoms with Crippen LogP contribution in [0.3, 0.4) is 0 Å². The third kappa shape index (κ3) is 3.51. The standard InChI is InChI=1S/C15H15IN2O6/c1-23-12-6-10(9(16)5-8(12)15(22)24-2)17-11-7-13(20)18(3-4-19)14(11)21/h5-7,17,19H,3-4H2,1-2H3. The Morgan fingerprint density at radius 2 is 2.04 bits per heavy atom. The molecule has 1 aromatic rings. The van der Waals surface area contributed by atoms with E-state index in [1.54, 1.807) is 12.1 Å². The minimum Gasteiger partial charge on any atom is -0.496 e. The summed E-state index contributed by atoms with van der Waals surface area (Å²) < 4.78 is 10.5. The number of carbonyl (C=O) groups is 3. The fraction of sp³-hybridized carbons (Fsp3) is 0.267. The van der Waals surface area contributed by atoms with Crippen molar-refractivity contribution >= 4 is 46.1 Å². The number of hydrogen-bond donors (Lipinski definition) is 2. The third-order valence-electron chi connectivity index (χ3n) is 3.30. The summed E-state index contributed by atoms with van der Waals surface area (Å²) in [5, 5.41) is 11.8. The number of nitrogens with one attached hydrogen (secondary N) is 1. The number of aliphatic hydroxyl groups is 1. The Labute approximate surface area is 151 Å². The van der Waals surface area contributed by atoms with Crippen molar-refractivity contribution in [3.63, 3.8) is 0 Å². The fourth-order valence-electron chi connectivity index (χ4n) is 2.14. The van der Waals surface area contributed by atoms with Gasteiger partial charge in [-0.15, -0.1) is 0 Å². The minimum atomic E-state index is -0.545. The second-order valence-corrected chi connectivity index (χ2v) is 5.89. The minimum absolute atomic E-state index is 0.0684. The van der Waals surface area contributed by atoms with Crippen molar-refractivity contribution in [3.05, 3.63) is 33.0 Å². The van der Waals surface area contributed by atoms with E-state index in [4.69, 9.17) is 14.6 Å². The monoisotopic (exact) mass is 446 g/mol. The van der Waals surface area contributed by atoms with Crippen LogP contribution in [0.1, 0.15) is 10.4 Å². The predicted octanol–water partition coefficient (Wildman–Crippen LogP) is 0.743. The summed E-state index contributed by atoms with van der Waals surface area (Å²) in [5.41, 5.74) is 0.831. The number of nitrogens with zero attached hydrogens (tertiary/aromatic N) is 1. The van der Waals surface area contributed by atoms with E-state index in [0.29, 0.717) is 9.26 Å². The van der Waals surface area contributed by atoms with Crippen LogP contribution in [0.5, 0.6) is 5.75 Å². The van der Waals surface area contributed by atoms with Gasteiger partial charge in [-0.3, -0.25) is 14.5 Å². The van der Waals surface area contributed by atoms with E-state index in [1.165, 1.54) is 14.2 Å². The highest BCUT2D eigenvalue weighted by molar-refractivity contribution is 14.1. The average molecular weight is 446 g/mol. The van der Waals surface area contributed by atoms with Gasteiger partial charge in [0.05, 0.1) is 33.1 Å². The molecule has 2 amide bonds. The maximum Gasteiger partial charge on any atom is 0.341 e. The Morgan fingerprint density at radius 3 is 2.62 bits per heavy atom. The smallest absolute Gasteiger partial charge is 0.341 e. The molecule has 8 nitrogen and oxygen atoms in total. The molecule has 0 aliphatic carbocycles. The molecule has 128 valence electrons. The van der Waals surface area contributed by atoms with Gasteiger partial charge in [0.15, 0.2) is 0 Å². The van der Waals surface area contributed by atoms with Gasteiger partial charge in [0.25, 0.3) is 11.8 Å². The number of halogens is 1. The van der Waals surface area contributed by atoms with Crippen LogP contribution in [0.2, 0.25) is 0 Å². The zero-order valence-corrected chi connectivity index (χ0v) is 15.1. The molecular weight excluding hydrogens is 431 g/mol. The van der Waals surface area contributed by atoms with Crippen molar-refractivity contribution in [3.8, 4) is 5.75 Å². The number of hydrogen-bond acceptors (Lipinski definition) is 7. The largest absolute Gasteiger partial charge is 0.496 e. The molecule has 0 bridgehead atoms. The Morgan fingerprint density at radius 1 is 1.33 bits per heavy atom. The van der Waals surface area contributed by atoms with Gasteiger partial charge in [0.1, 0.15) is 17.0 Å². The summed E-state index contributed by atoms with van der Waals surface area (Å²) in [6, 6.07) is 3.10. The number of anilines is 1. The number of carbonyl (C=O) groups excluding carboxylic acids is 3. The number of amides is 2. The fourth-order valence-corrected chi connectivity index (χ4v) is 2.74. The van der Waals surface area contributed by atoms with Crippen molar-refractivity contribution in [1.82, 2.24) is 4.90 Å². The molecule has 1 aliphatic rings. The SMILES string of the molecule is COC(=O)c1cc(I)c(NC2=CC(=O)N(CCO)C2=O)cc1OC. The average Bonchev–Trinajstić information content (AvgIpc) is 2.83. The molecule has 0 saturated carbocycles. The lowest BCUT2D eigenvalue weighted by Crippen LogP contribution is -2.34. The van der Waals surface area contributed by atoms with E-state index < -0.39 is 17.8 Å². The zero-order chi connectivity index (χ0) is 17.9. The van der Waals surface area contributed by atoms with Crippen molar-refractivity contribution in [2.45, 2.75) is 0 Å². The topological polar surface area (TPSA) is 105 Å². The van der Waals surface area contributed by atoms with Gasteiger partial charge in [0.2, 0.25) is 0 Å². The first kappa shape index (κ1) is 18.2. The molecule has 0 unspecified atom stereocenters. The normalized spacial score (nSPS) is 13.8. The lowest BCUT2D eigenvalue weighted by Gasteiger charge is -2.15. The Balaban J connectivity index is 2.31. The van der Waals surface area contributed by atoms with Crippen LogP contribution in [0.4, 0.5) is 5.69 Å². The number of ether oxygens (including phenoxy) is 2. The summed E-state index contributed by atoms with van der Waals surface area (Å²) >= 11 is 1.99. The van der Waals surface area contributed by atoms with Gasteiger partial charge in [-0.25, -0.2) is 4.79 Å². The van der Waals surface area contributed by atoms with Crippen LogP contribution < -0.4 is 10.1 Å². The second-order valence-electron chi connectivity index (χ2n) is 4.73. The molecule has 2 rings (SSSR count). The summed E-state index contributed by atoms with van der Waals surface area (Å²) in [4.78, 5) is 36.6. The molecule has 0 saturated heterocycles. The summed E-state index contributed by atoms with van der Waals surface area (Å²) in [6.45, 7) is -0.376. The van der Waals surface area contributed by atoms with Gasteiger partial charge in [-0.1, -0.05) is 0 Å². The van der Waals surface area contributed by atoms with E-state index in [2.05, 4.69) is 5.32 Å². The van der Waals surface area contributed by atoms with E-state index >= 15 is 0 Å². The van der Waals surface area contributed by atoms with E-state index in [0.717, 1.165) is 11.0 Å². The third-order valence-corrected chi connectivity index (χ3v) is 4.19. The summed E-state index contributed by atoms with van der Waals surface area (Å²) in [7, 11) is 2.68. The highest BCUT2D eigenvalue weighted by Crippen LogP contribution is 2.30. The van der Waals surface area contributed by atoms with Crippen molar-refractivity contribution in [2.24, 2.45) is 0 Å². The Bertz CT molecular complexity index is 731. The lowest BCUT2D eigenvalue weighted by atomic mass is 10.1. The quantitative estimate of drug-likeness (QED) is 0.378. The molecule has 1 heterocycles. The van der Waals surface area contributed by atoms with Crippen LogP contribution >= 0.6 is 22.6 Å². The van der Waals surface area contributed by atoms with Crippen LogP contribution in [-0.2, 0) is 14.3 Å². The van der Waals surface area contributed by atoms with Crippen LogP contribution in [0.25, 0.3) is 0 Å². The molecule has 0 atom stereocenters. The second kappa shape index (κ2) is 7.62. The van der Waals surface area contributed by atoms with Gasteiger partial charge >= 0.3 is 5.97 Å². The molecule has 1 aliphatic heterocycles. The van der Waals surface area contributed by atoms with Gasteiger partial charge in [-0.2, -0.15) is 0 Å². The van der Waals surface area contributed by atoms with Gasteiger partial charge < -0.3 is 19.9 Å². The molecule has 24 heavy (non-hydrogen) atoms. The molecule has 0 spiro atoms. The van der Waals surface area contributed by atoms with Crippen LogP contribution in [0, 0.1) is 3.57 Å². The van der Waals surface area contributed by atoms with Crippen molar-refractivity contribution < 1.29 is 29.0 Å². The maximum absolute atomic E-state index is 12.2. The first-order valence-electron chi connectivity index (χ1n) is 6.84. The van der Waals surface area contributed by atoms with Crippen LogP contribution in [-0.4, -0.2) is 55.2 Å². The molecule has 0 radical (unpaired) electrons. The first-order valence-corrected chi connectivity index (χ1v) is 7.92. The lowest BCUT2D eigenvalue weighted by molar-refractivity contribution is -0.137. The van der Waals surface area contributed by atoms with E-state index in [9.17, 15) is 14.4 Å². The zero-order valence-electron chi connectivity index (χ0n) is 13.0. The first-order chi connectivity index (χ1) is 11.4. The summed E-state index contributed by atoms with van der Waals surface area (Å²) in [5.74, 6) is -1.29. The maximum atomic E-state index is 12.2. The van der Waals surface area contributed by atoms with E-state index in [1.807, 2.05) is 22.6 Å². The highest BCUT2D eigenvalue weighted by atomic mass is 127. The van der Waals surface area contributed by atoms with E-state index in [-0.39, 0.29) is 30.2 Å². The molecule has 0 fully saturated rings. The number of esters is 1. The van der Waals surface area contributed by atoms with Gasteiger partial charge in [-0.05, 0) is 28.7 Å². The molecule has 0 aromatic heterocycles. The Kier molecular flexibility index (Phi) is 5.78. The number of β-amino-alcohol motifs (C(OH)–C–C–N with tert-alkyl or cyclic N) is 1. The summed E-state index contributed by atoms with van der Waals surface area (Å²) in [6.07, 6.45) is 1.16. The molecular formula is C15H15IN2O6. The number of rotatable bonds is 6. The van der Waals surface area contributed by atoms with Crippen molar-refractivity contribution in [1.29, 1.82) is 0 Å². The van der Waals surface area contributed by atoms with Crippen LogP contribution in [0.15, 0.2) is 23.9 Å². The molecule has 1 aromatic carbocycles.